The van der Waals surface area contributed by atoms with Gasteiger partial charge >= 0.3 is 24.0 Å². The number of carbonyl (C=O) groups excluding carboxylic acids is 1. The minimum atomic E-state index is -6.38. The molecule has 1 heterocycles. The van der Waals surface area contributed by atoms with E-state index in [1.165, 1.54) is 24.3 Å². The number of likely N-dealkylation sites (tertiary alicyclic amines) is 1. The number of fused-ring (bicyclic) bond motifs is 3. The Labute approximate surface area is 253 Å². The predicted octanol–water partition coefficient (Wildman–Crippen LogP) is 6.48. The third kappa shape index (κ3) is 4.91. The molecule has 1 aliphatic heterocycles. The van der Waals surface area contributed by atoms with E-state index in [4.69, 9.17) is 0 Å². The first-order valence-electron chi connectivity index (χ1n) is 14.2. The van der Waals surface area contributed by atoms with Gasteiger partial charge in [-0.15, -0.1) is 0 Å². The summed E-state index contributed by atoms with van der Waals surface area (Å²) < 4.78 is 139. The van der Waals surface area contributed by atoms with E-state index < -0.39 is 80.5 Å². The topological polar surface area (TPSA) is 91.8 Å². The quantitative estimate of drug-likeness (QED) is 0.369. The smallest absolute Gasteiger partial charge is 0.435 e. The van der Waals surface area contributed by atoms with Crippen LogP contribution in [0.25, 0.3) is 0 Å². The largest absolute Gasteiger partial charge is 0.481 e. The van der Waals surface area contributed by atoms with Gasteiger partial charge in [0.05, 0.1) is 16.9 Å². The molecule has 1 saturated carbocycles. The third-order valence-electron chi connectivity index (χ3n) is 9.65. The molecule has 246 valence electrons. The zero-order valence-electron chi connectivity index (χ0n) is 23.8. The van der Waals surface area contributed by atoms with Gasteiger partial charge < -0.3 is 10.0 Å². The van der Waals surface area contributed by atoms with Gasteiger partial charge in [-0.1, -0.05) is 35.9 Å². The summed E-state index contributed by atoms with van der Waals surface area (Å²) in [6, 6.07) is 5.68. The second kappa shape index (κ2) is 10.7. The fourth-order valence-electron chi connectivity index (χ4n) is 7.19. The second-order valence-corrected chi connectivity index (χ2v) is 14.3. The highest BCUT2D eigenvalue weighted by molar-refractivity contribution is 7.92. The van der Waals surface area contributed by atoms with E-state index in [1.807, 2.05) is 0 Å². The third-order valence-corrected chi connectivity index (χ3v) is 12.2. The zero-order valence-corrected chi connectivity index (χ0v) is 24.6. The molecule has 0 radical (unpaired) electrons. The maximum atomic E-state index is 16.1. The average molecular weight is 668 g/mol. The predicted molar refractivity (Wildman–Crippen MR) is 143 cm³/mol. The van der Waals surface area contributed by atoms with Crippen LogP contribution in [0.5, 0.6) is 0 Å². The van der Waals surface area contributed by atoms with Crippen LogP contribution in [0.2, 0.25) is 0 Å². The molecule has 1 N–H and O–H groups in total. The summed E-state index contributed by atoms with van der Waals surface area (Å²) in [7, 11) is -4.56. The van der Waals surface area contributed by atoms with Gasteiger partial charge in [-0.05, 0) is 75.1 Å². The number of aliphatic carboxylic acids is 1. The number of benzene rings is 2. The monoisotopic (exact) mass is 667 g/mol. The summed E-state index contributed by atoms with van der Waals surface area (Å²) in [5, 5.41) is 9.28. The summed E-state index contributed by atoms with van der Waals surface area (Å²) in [6.07, 6.45) is -14.8. The fourth-order valence-corrected chi connectivity index (χ4v) is 9.56. The number of hydrogen-bond donors (Lipinski definition) is 1. The molecule has 1 amide bonds. The van der Waals surface area contributed by atoms with Gasteiger partial charge in [0.2, 0.25) is 0 Å². The highest BCUT2D eigenvalue weighted by Gasteiger charge is 2.74. The number of carboxylic acid groups (broad SMARTS) is 1. The number of rotatable bonds is 5. The number of hydrogen-bond acceptors (Lipinski definition) is 4. The van der Waals surface area contributed by atoms with E-state index >= 15 is 8.78 Å². The van der Waals surface area contributed by atoms with Crippen LogP contribution in [0.1, 0.15) is 60.8 Å². The van der Waals surface area contributed by atoms with E-state index in [9.17, 15) is 49.5 Å². The maximum Gasteiger partial charge on any atom is 0.435 e. The molecule has 15 heteroatoms. The van der Waals surface area contributed by atoms with Gasteiger partial charge in [0.1, 0.15) is 4.75 Å². The van der Waals surface area contributed by atoms with Crippen LogP contribution < -0.4 is 0 Å². The van der Waals surface area contributed by atoms with Gasteiger partial charge in [0, 0.05) is 12.1 Å². The molecular formula is C30H29F8NO5S. The number of nitrogens with zero attached hydrogens (tertiary/aromatic N) is 1. The van der Waals surface area contributed by atoms with Crippen molar-refractivity contribution in [2.75, 3.05) is 6.54 Å². The number of aryl methyl sites for hydroxylation is 2. The number of halogens is 8. The number of alkyl halides is 8. The molecule has 3 aliphatic rings. The van der Waals surface area contributed by atoms with Crippen LogP contribution in [0.4, 0.5) is 35.1 Å². The van der Waals surface area contributed by atoms with E-state index in [0.29, 0.717) is 11.6 Å². The molecule has 0 spiro atoms. The lowest BCUT2D eigenvalue weighted by Gasteiger charge is -2.44. The molecule has 2 aliphatic carbocycles. The second-order valence-electron chi connectivity index (χ2n) is 12.1. The van der Waals surface area contributed by atoms with Crippen molar-refractivity contribution in [3.05, 3.63) is 64.7 Å². The first-order chi connectivity index (χ1) is 20.7. The molecular weight excluding hydrogens is 638 g/mol. The molecule has 2 aromatic rings. The molecule has 6 nitrogen and oxygen atoms in total. The van der Waals surface area contributed by atoms with E-state index in [0.717, 1.165) is 11.0 Å². The Morgan fingerprint density at radius 3 is 2.00 bits per heavy atom. The summed E-state index contributed by atoms with van der Waals surface area (Å²) >= 11 is 0. The molecule has 2 aromatic carbocycles. The molecule has 2 fully saturated rings. The molecule has 45 heavy (non-hydrogen) atoms. The van der Waals surface area contributed by atoms with Crippen molar-refractivity contribution in [2.45, 2.75) is 91.2 Å². The van der Waals surface area contributed by atoms with Crippen molar-refractivity contribution in [3.8, 4) is 0 Å². The van der Waals surface area contributed by atoms with Gasteiger partial charge in [-0.3, -0.25) is 9.59 Å². The highest BCUT2D eigenvalue weighted by atomic mass is 32.2. The Balaban J connectivity index is 1.64. The lowest BCUT2D eigenvalue weighted by Crippen LogP contribution is -2.56. The fraction of sp³-hybridized carbons (Fsp3) is 0.533. The van der Waals surface area contributed by atoms with Crippen LogP contribution in [0.15, 0.2) is 47.4 Å². The zero-order chi connectivity index (χ0) is 33.4. The summed E-state index contributed by atoms with van der Waals surface area (Å²) in [6.45, 7) is 1.39. The van der Waals surface area contributed by atoms with Crippen molar-refractivity contribution >= 4 is 21.7 Å². The highest BCUT2D eigenvalue weighted by Crippen LogP contribution is 2.57. The van der Waals surface area contributed by atoms with Crippen LogP contribution >= 0.6 is 0 Å². The summed E-state index contributed by atoms with van der Waals surface area (Å²) in [5.74, 6) is -3.03. The van der Waals surface area contributed by atoms with Crippen molar-refractivity contribution in [2.24, 2.45) is 5.92 Å². The van der Waals surface area contributed by atoms with Crippen LogP contribution in [0.3, 0.4) is 0 Å². The Bertz CT molecular complexity index is 1600. The summed E-state index contributed by atoms with van der Waals surface area (Å²) in [4.78, 5) is 25.9. The first kappa shape index (κ1) is 33.1. The number of sulfone groups is 1. The van der Waals surface area contributed by atoms with E-state index in [-0.39, 0.29) is 60.7 Å². The summed E-state index contributed by atoms with van der Waals surface area (Å²) in [5.41, 5.74) is -9.75. The van der Waals surface area contributed by atoms with Gasteiger partial charge in [-0.25, -0.2) is 17.2 Å². The van der Waals surface area contributed by atoms with Crippen LogP contribution in [0, 0.1) is 12.8 Å². The SMILES string of the molecule is Cc1ccc(S(=O)(=O)C23CCN(C(=O)[C@]4(F)CC[C@@H](C(=O)O)CC4)C2CCc2cc(C(F)(C(F)(F)F)C(F)(F)F)ccc23)cc1. The molecule has 1 saturated heterocycles. The first-order valence-corrected chi connectivity index (χ1v) is 15.7. The Hall–Kier alpha value is -3.23. The Morgan fingerprint density at radius 1 is 0.889 bits per heavy atom. The van der Waals surface area contributed by atoms with Gasteiger partial charge in [0.15, 0.2) is 15.5 Å². The molecule has 0 bridgehead atoms. The van der Waals surface area contributed by atoms with Crippen molar-refractivity contribution in [1.29, 1.82) is 0 Å². The van der Waals surface area contributed by atoms with Gasteiger partial charge in [-0.2, -0.15) is 26.3 Å². The Kier molecular flexibility index (Phi) is 7.85. The van der Waals surface area contributed by atoms with E-state index in [2.05, 4.69) is 0 Å². The number of amides is 1. The van der Waals surface area contributed by atoms with Crippen molar-refractivity contribution < 1.29 is 58.2 Å². The number of carbonyl (C=O) groups is 2. The Morgan fingerprint density at radius 2 is 1.47 bits per heavy atom. The maximum absolute atomic E-state index is 16.1. The van der Waals surface area contributed by atoms with Crippen LogP contribution in [-0.4, -0.2) is 60.9 Å². The normalized spacial score (nSPS) is 27.5. The minimum absolute atomic E-state index is 0.127. The molecule has 0 aromatic heterocycles. The molecule has 2 unspecified atom stereocenters. The van der Waals surface area contributed by atoms with Crippen molar-refractivity contribution in [3.63, 3.8) is 0 Å². The number of carboxylic acids is 1. The molecule has 5 rings (SSSR count). The van der Waals surface area contributed by atoms with E-state index in [1.54, 1.807) is 6.92 Å². The standard InChI is InChI=1S/C30H29F8NO5S/c1-17-2-6-21(7-3-17)45(43,44)27-14-15-39(25(42)26(31)12-10-18(11-13-26)24(40)41)23(27)9-4-19-16-20(5-8-22(19)27)28(32,29(33,34)35)30(36,37)38/h2-3,5-8,16,18,23H,4,9-15H2,1H3,(H,40,41)/t18-,23?,26+,27?. The lowest BCUT2D eigenvalue weighted by atomic mass is 9.76. The lowest BCUT2D eigenvalue weighted by molar-refractivity contribution is -0.348. The molecule has 2 atom stereocenters. The van der Waals surface area contributed by atoms with Gasteiger partial charge in [0.25, 0.3) is 5.91 Å². The van der Waals surface area contributed by atoms with Crippen molar-refractivity contribution in [1.82, 2.24) is 4.90 Å². The average Bonchev–Trinajstić information content (AvgIpc) is 3.37. The van der Waals surface area contributed by atoms with Crippen LogP contribution in [-0.2, 0) is 36.3 Å². The minimum Gasteiger partial charge on any atom is -0.481 e.